The van der Waals surface area contributed by atoms with Gasteiger partial charge in [-0.1, -0.05) is 0 Å². The summed E-state index contributed by atoms with van der Waals surface area (Å²) in [4.78, 5) is 12.4. The lowest BCUT2D eigenvalue weighted by Crippen LogP contribution is -2.56. The van der Waals surface area contributed by atoms with Crippen molar-refractivity contribution in [2.75, 3.05) is 13.2 Å². The second kappa shape index (κ2) is 2.94. The van der Waals surface area contributed by atoms with Crippen molar-refractivity contribution in [1.29, 1.82) is 0 Å². The highest BCUT2D eigenvalue weighted by atomic mass is 16.5. The van der Waals surface area contributed by atoms with Gasteiger partial charge in [-0.2, -0.15) is 0 Å². The van der Waals surface area contributed by atoms with Crippen LogP contribution < -0.4 is 0 Å². The first-order valence-electron chi connectivity index (χ1n) is 4.38. The van der Waals surface area contributed by atoms with Gasteiger partial charge in [0.05, 0.1) is 25.3 Å². The van der Waals surface area contributed by atoms with Gasteiger partial charge in [-0.3, -0.25) is 4.90 Å². The number of fused-ring (bicyclic) bond motifs is 2. The van der Waals surface area contributed by atoms with Gasteiger partial charge in [-0.25, -0.2) is 4.79 Å². The largest absolute Gasteiger partial charge is 0.465 e. The zero-order valence-corrected chi connectivity index (χ0v) is 6.90. The van der Waals surface area contributed by atoms with Crippen molar-refractivity contribution in [2.24, 2.45) is 0 Å². The number of ether oxygens (including phenoxy) is 1. The Kier molecular flexibility index (Phi) is 1.92. The van der Waals surface area contributed by atoms with Gasteiger partial charge in [0.15, 0.2) is 0 Å². The van der Waals surface area contributed by atoms with Gasteiger partial charge in [0.25, 0.3) is 0 Å². The van der Waals surface area contributed by atoms with Crippen LogP contribution in [0.3, 0.4) is 0 Å². The van der Waals surface area contributed by atoms with Gasteiger partial charge < -0.3 is 9.84 Å². The van der Waals surface area contributed by atoms with Gasteiger partial charge in [0, 0.05) is 0 Å². The Balaban J connectivity index is 2.13. The molecule has 2 atom stereocenters. The highest BCUT2D eigenvalue weighted by Crippen LogP contribution is 2.26. The fraction of sp³-hybridized carbons (Fsp3) is 0.875. The van der Waals surface area contributed by atoms with E-state index in [0.717, 1.165) is 19.3 Å². The Morgan fingerprint density at radius 2 is 1.92 bits per heavy atom. The number of nitrogens with zero attached hydrogens (tertiary/aromatic N) is 1. The van der Waals surface area contributed by atoms with E-state index in [2.05, 4.69) is 0 Å². The molecule has 2 bridgehead atoms. The number of hydrogen-bond donors (Lipinski definition) is 1. The topological polar surface area (TPSA) is 49.8 Å². The Hall–Kier alpha value is -0.770. The molecule has 0 aromatic heterocycles. The number of carboxylic acid groups (broad SMARTS) is 1. The molecule has 0 saturated carbocycles. The molecule has 68 valence electrons. The molecule has 0 spiro atoms. The summed E-state index contributed by atoms with van der Waals surface area (Å²) in [6.45, 7) is 1.17. The third-order valence-corrected chi connectivity index (χ3v) is 2.70. The highest BCUT2D eigenvalue weighted by Gasteiger charge is 2.37. The lowest BCUT2D eigenvalue weighted by molar-refractivity contribution is -0.0594. The van der Waals surface area contributed by atoms with Crippen LogP contribution in [0.15, 0.2) is 0 Å². The molecule has 2 aliphatic heterocycles. The summed E-state index contributed by atoms with van der Waals surface area (Å²) in [5.74, 6) is 0. The molecule has 0 aromatic carbocycles. The molecule has 1 amide bonds. The van der Waals surface area contributed by atoms with Crippen LogP contribution >= 0.6 is 0 Å². The zero-order chi connectivity index (χ0) is 8.55. The molecule has 2 unspecified atom stereocenters. The van der Waals surface area contributed by atoms with Crippen LogP contribution in [0.4, 0.5) is 4.79 Å². The molecule has 4 heteroatoms. The lowest BCUT2D eigenvalue weighted by atomic mass is 9.95. The molecule has 0 aromatic rings. The quantitative estimate of drug-likeness (QED) is 0.589. The third kappa shape index (κ3) is 1.16. The predicted octanol–water partition coefficient (Wildman–Crippen LogP) is 0.918. The normalized spacial score (nSPS) is 34.8. The smallest absolute Gasteiger partial charge is 0.407 e. The molecule has 4 nitrogen and oxygen atoms in total. The van der Waals surface area contributed by atoms with Crippen molar-refractivity contribution in [3.63, 3.8) is 0 Å². The van der Waals surface area contributed by atoms with Crippen LogP contribution in [0.5, 0.6) is 0 Å². The predicted molar refractivity (Wildman–Crippen MR) is 42.1 cm³/mol. The van der Waals surface area contributed by atoms with Gasteiger partial charge in [-0.15, -0.1) is 0 Å². The Labute approximate surface area is 71.1 Å². The first kappa shape index (κ1) is 7.86. The van der Waals surface area contributed by atoms with E-state index in [1.54, 1.807) is 4.90 Å². The second-order valence-electron chi connectivity index (χ2n) is 3.47. The summed E-state index contributed by atoms with van der Waals surface area (Å²) >= 11 is 0. The van der Waals surface area contributed by atoms with E-state index in [4.69, 9.17) is 9.84 Å². The maximum absolute atomic E-state index is 10.8. The summed E-state index contributed by atoms with van der Waals surface area (Å²) in [5.41, 5.74) is 0. The van der Waals surface area contributed by atoms with Crippen LogP contribution in [0.25, 0.3) is 0 Å². The summed E-state index contributed by atoms with van der Waals surface area (Å²) in [5, 5.41) is 8.91. The molecule has 0 aliphatic carbocycles. The Bertz CT molecular complexity index is 173. The van der Waals surface area contributed by atoms with Crippen molar-refractivity contribution in [1.82, 2.24) is 4.90 Å². The molecule has 2 saturated heterocycles. The van der Waals surface area contributed by atoms with Gasteiger partial charge in [0.1, 0.15) is 0 Å². The fourth-order valence-electron chi connectivity index (χ4n) is 2.15. The molecule has 0 radical (unpaired) electrons. The minimum Gasteiger partial charge on any atom is -0.465 e. The number of hydrogen-bond acceptors (Lipinski definition) is 2. The average Bonchev–Trinajstić information content (AvgIpc) is 2.02. The van der Waals surface area contributed by atoms with Gasteiger partial charge in [-0.05, 0) is 19.3 Å². The van der Waals surface area contributed by atoms with Crippen LogP contribution in [-0.4, -0.2) is 41.4 Å². The van der Waals surface area contributed by atoms with E-state index in [1.165, 1.54) is 0 Å². The molecule has 12 heavy (non-hydrogen) atoms. The summed E-state index contributed by atoms with van der Waals surface area (Å²) in [6, 6.07) is 0.241. The minimum absolute atomic E-state index is 0.120. The fourth-order valence-corrected chi connectivity index (χ4v) is 2.15. The van der Waals surface area contributed by atoms with Gasteiger partial charge in [0.2, 0.25) is 0 Å². The number of amides is 1. The number of carbonyl (C=O) groups is 1. The van der Waals surface area contributed by atoms with E-state index >= 15 is 0 Å². The third-order valence-electron chi connectivity index (χ3n) is 2.70. The summed E-state index contributed by atoms with van der Waals surface area (Å²) in [6.07, 6.45) is 2.28. The van der Waals surface area contributed by atoms with Crippen LogP contribution in [0, 0.1) is 0 Å². The Morgan fingerprint density at radius 1 is 1.33 bits per heavy atom. The molecule has 2 fully saturated rings. The Morgan fingerprint density at radius 3 is 2.33 bits per heavy atom. The molecular weight excluding hydrogens is 158 g/mol. The van der Waals surface area contributed by atoms with Crippen LogP contribution in [0.2, 0.25) is 0 Å². The van der Waals surface area contributed by atoms with E-state index in [-0.39, 0.29) is 12.1 Å². The molecule has 2 heterocycles. The van der Waals surface area contributed by atoms with E-state index in [0.29, 0.717) is 13.2 Å². The van der Waals surface area contributed by atoms with E-state index in [1.807, 2.05) is 0 Å². The maximum atomic E-state index is 10.8. The van der Waals surface area contributed by atoms with Crippen molar-refractivity contribution in [3.05, 3.63) is 0 Å². The number of morpholine rings is 1. The molecule has 2 aliphatic rings. The van der Waals surface area contributed by atoms with Crippen molar-refractivity contribution >= 4 is 6.09 Å². The standard InChI is InChI=1S/C8H13NO3/c10-8(11)9-6-2-1-3-7(9)5-12-4-6/h6-7H,1-5H2,(H,10,11). The first-order chi connectivity index (χ1) is 5.79. The van der Waals surface area contributed by atoms with Crippen molar-refractivity contribution < 1.29 is 14.6 Å². The van der Waals surface area contributed by atoms with Crippen LogP contribution in [0.1, 0.15) is 19.3 Å². The van der Waals surface area contributed by atoms with Crippen LogP contribution in [-0.2, 0) is 4.74 Å². The van der Waals surface area contributed by atoms with E-state index < -0.39 is 6.09 Å². The van der Waals surface area contributed by atoms with Gasteiger partial charge >= 0.3 is 6.09 Å². The minimum atomic E-state index is -0.784. The zero-order valence-electron chi connectivity index (χ0n) is 6.90. The van der Waals surface area contributed by atoms with E-state index in [9.17, 15) is 4.79 Å². The first-order valence-corrected chi connectivity index (χ1v) is 4.38. The number of rotatable bonds is 0. The summed E-state index contributed by atoms with van der Waals surface area (Å²) in [7, 11) is 0. The second-order valence-corrected chi connectivity index (χ2v) is 3.47. The maximum Gasteiger partial charge on any atom is 0.407 e. The molecular formula is C8H13NO3. The molecule has 1 N–H and O–H groups in total. The monoisotopic (exact) mass is 171 g/mol. The van der Waals surface area contributed by atoms with Crippen molar-refractivity contribution in [2.45, 2.75) is 31.3 Å². The summed E-state index contributed by atoms with van der Waals surface area (Å²) < 4.78 is 5.31. The number of piperidine rings is 1. The lowest BCUT2D eigenvalue weighted by Gasteiger charge is -2.43. The highest BCUT2D eigenvalue weighted by molar-refractivity contribution is 5.66. The average molecular weight is 171 g/mol. The van der Waals surface area contributed by atoms with Crippen molar-refractivity contribution in [3.8, 4) is 0 Å². The molecule has 2 rings (SSSR count). The SMILES string of the molecule is O=C(O)N1C2CCCC1COC2.